The van der Waals surface area contributed by atoms with Gasteiger partial charge >= 0.3 is 0 Å². The molecule has 1 aromatic rings. The highest BCUT2D eigenvalue weighted by atomic mass is 19.2. The molecule has 2 aliphatic carbocycles. The third-order valence-electron chi connectivity index (χ3n) is 6.27. The highest BCUT2D eigenvalue weighted by Crippen LogP contribution is 2.44. The molecule has 2 nitrogen and oxygen atoms in total. The Bertz CT molecular complexity index is 600. The number of hydrogen-bond acceptors (Lipinski definition) is 2. The summed E-state index contributed by atoms with van der Waals surface area (Å²) in [6.07, 6.45) is 11.0. The van der Waals surface area contributed by atoms with E-state index in [0.717, 1.165) is 43.4 Å². The second-order valence-electron chi connectivity index (χ2n) is 7.87. The van der Waals surface area contributed by atoms with Crippen LogP contribution < -0.4 is 4.84 Å². The van der Waals surface area contributed by atoms with Gasteiger partial charge in [0.05, 0.1) is 0 Å². The zero-order valence-electron chi connectivity index (χ0n) is 15.3. The number of nitrogens with zero attached hydrogens (tertiary/aromatic N) is 1. The van der Waals surface area contributed by atoms with Crippen molar-refractivity contribution < 1.29 is 13.6 Å². The molecule has 4 heteroatoms. The summed E-state index contributed by atoms with van der Waals surface area (Å²) in [5, 5.41) is 3.52. The molecule has 0 amide bonds. The van der Waals surface area contributed by atoms with Gasteiger partial charge in [0.1, 0.15) is 0 Å². The maximum absolute atomic E-state index is 14.5. The summed E-state index contributed by atoms with van der Waals surface area (Å²) in [6.45, 7) is 4.01. The Balaban J connectivity index is 1.62. The number of rotatable bonds is 4. The molecule has 0 saturated heterocycles. The molecule has 2 saturated carbocycles. The topological polar surface area (TPSA) is 21.6 Å². The molecule has 0 heterocycles. The van der Waals surface area contributed by atoms with Crippen LogP contribution in [0.1, 0.15) is 76.7 Å². The zero-order valence-corrected chi connectivity index (χ0v) is 15.3. The van der Waals surface area contributed by atoms with E-state index in [9.17, 15) is 8.78 Å². The van der Waals surface area contributed by atoms with E-state index < -0.39 is 11.6 Å². The van der Waals surface area contributed by atoms with Crippen molar-refractivity contribution in [3.63, 3.8) is 0 Å². The average Bonchev–Trinajstić information content (AvgIpc) is 2.64. The molecule has 1 aromatic carbocycles. The lowest BCUT2D eigenvalue weighted by molar-refractivity contribution is 0.164. The lowest BCUT2D eigenvalue weighted by atomic mass is 9.68. The van der Waals surface area contributed by atoms with Crippen LogP contribution in [0.4, 0.5) is 8.78 Å². The predicted octanol–water partition coefficient (Wildman–Crippen LogP) is 6.45. The van der Waals surface area contributed by atoms with Crippen molar-refractivity contribution in [3.05, 3.63) is 29.3 Å². The van der Waals surface area contributed by atoms with Crippen molar-refractivity contribution in [1.29, 1.82) is 0 Å². The van der Waals surface area contributed by atoms with Crippen LogP contribution in [0.3, 0.4) is 0 Å². The fourth-order valence-electron chi connectivity index (χ4n) is 4.70. The summed E-state index contributed by atoms with van der Waals surface area (Å²) < 4.78 is 28.6. The first-order valence-electron chi connectivity index (χ1n) is 9.73. The molecule has 0 aliphatic heterocycles. The van der Waals surface area contributed by atoms with E-state index in [1.54, 1.807) is 13.0 Å². The van der Waals surface area contributed by atoms with Gasteiger partial charge in [-0.2, -0.15) is 4.39 Å². The van der Waals surface area contributed by atoms with Crippen LogP contribution in [-0.2, 0) is 0 Å². The van der Waals surface area contributed by atoms with Gasteiger partial charge in [-0.15, -0.1) is 0 Å². The van der Waals surface area contributed by atoms with Crippen molar-refractivity contribution in [2.45, 2.75) is 71.1 Å². The summed E-state index contributed by atoms with van der Waals surface area (Å²) in [5.74, 6) is 0.786. The van der Waals surface area contributed by atoms with Crippen LogP contribution in [0.25, 0.3) is 0 Å². The minimum absolute atomic E-state index is 0.122. The Morgan fingerprint density at radius 2 is 1.52 bits per heavy atom. The van der Waals surface area contributed by atoms with Crippen LogP contribution in [0.2, 0.25) is 0 Å². The molecule has 0 unspecified atom stereocenters. The normalized spacial score (nSPS) is 30.6. The Hall–Kier alpha value is -1.45. The monoisotopic (exact) mass is 349 g/mol. The largest absolute Gasteiger partial charge is 0.354 e. The van der Waals surface area contributed by atoms with Gasteiger partial charge in [-0.05, 0) is 80.8 Å². The SMILES string of the molecule is CC=NOc1ccc(C2CCC(C3CCC(C)CC3)CC2)c(F)c1F. The number of hydrogen-bond donors (Lipinski definition) is 0. The maximum atomic E-state index is 14.5. The molecule has 2 aliphatic rings. The lowest BCUT2D eigenvalue weighted by Gasteiger charge is -2.37. The van der Waals surface area contributed by atoms with Gasteiger partial charge in [0, 0.05) is 6.21 Å². The highest BCUT2D eigenvalue weighted by Gasteiger charge is 2.32. The van der Waals surface area contributed by atoms with E-state index in [1.165, 1.54) is 38.0 Å². The fourth-order valence-corrected chi connectivity index (χ4v) is 4.70. The molecule has 0 bridgehead atoms. The van der Waals surface area contributed by atoms with Crippen LogP contribution in [-0.4, -0.2) is 6.21 Å². The molecule has 0 aromatic heterocycles. The summed E-state index contributed by atoms with van der Waals surface area (Å²) in [7, 11) is 0. The second-order valence-corrected chi connectivity index (χ2v) is 7.87. The predicted molar refractivity (Wildman–Crippen MR) is 97.0 cm³/mol. The summed E-state index contributed by atoms with van der Waals surface area (Å²) in [5.41, 5.74) is 0.501. The average molecular weight is 349 g/mol. The summed E-state index contributed by atoms with van der Waals surface area (Å²) >= 11 is 0. The third kappa shape index (κ3) is 4.21. The van der Waals surface area contributed by atoms with Crippen LogP contribution in [0.5, 0.6) is 5.75 Å². The highest BCUT2D eigenvalue weighted by molar-refractivity contribution is 5.52. The van der Waals surface area contributed by atoms with E-state index >= 15 is 0 Å². The minimum atomic E-state index is -0.925. The van der Waals surface area contributed by atoms with Gasteiger partial charge in [0.15, 0.2) is 11.6 Å². The Kier molecular flexibility index (Phi) is 6.08. The molecule has 138 valence electrons. The summed E-state index contributed by atoms with van der Waals surface area (Å²) in [6, 6.07) is 3.17. The molecular formula is C21H29F2NO. The molecule has 0 atom stereocenters. The smallest absolute Gasteiger partial charge is 0.204 e. The van der Waals surface area contributed by atoms with Gasteiger partial charge in [-0.25, -0.2) is 4.39 Å². The Labute approximate surface area is 149 Å². The number of oxime groups is 1. The molecule has 2 fully saturated rings. The second kappa shape index (κ2) is 8.29. The molecule has 3 rings (SSSR count). The fraction of sp³-hybridized carbons (Fsp3) is 0.667. The Morgan fingerprint density at radius 3 is 2.12 bits per heavy atom. The molecule has 0 radical (unpaired) electrons. The van der Waals surface area contributed by atoms with E-state index in [1.807, 2.05) is 0 Å². The minimum Gasteiger partial charge on any atom is -0.354 e. The molecule has 0 N–H and O–H groups in total. The van der Waals surface area contributed by atoms with Crippen LogP contribution >= 0.6 is 0 Å². The van der Waals surface area contributed by atoms with E-state index in [4.69, 9.17) is 4.84 Å². The Morgan fingerprint density at radius 1 is 0.920 bits per heavy atom. The lowest BCUT2D eigenvalue weighted by Crippen LogP contribution is -2.25. The first-order chi connectivity index (χ1) is 12.1. The molecular weight excluding hydrogens is 320 g/mol. The van der Waals surface area contributed by atoms with Crippen LogP contribution in [0.15, 0.2) is 17.3 Å². The quantitative estimate of drug-likeness (QED) is 0.452. The van der Waals surface area contributed by atoms with Crippen molar-refractivity contribution >= 4 is 6.21 Å². The van der Waals surface area contributed by atoms with Gasteiger partial charge in [-0.1, -0.05) is 31.0 Å². The first-order valence-corrected chi connectivity index (χ1v) is 9.73. The van der Waals surface area contributed by atoms with E-state index in [0.29, 0.717) is 5.56 Å². The molecule has 25 heavy (non-hydrogen) atoms. The van der Waals surface area contributed by atoms with Crippen molar-refractivity contribution in [2.75, 3.05) is 0 Å². The van der Waals surface area contributed by atoms with Gasteiger partial charge < -0.3 is 4.84 Å². The van der Waals surface area contributed by atoms with Crippen LogP contribution in [0, 0.1) is 29.4 Å². The third-order valence-corrected chi connectivity index (χ3v) is 6.27. The first kappa shape index (κ1) is 18.3. The van der Waals surface area contributed by atoms with Gasteiger partial charge in [0.25, 0.3) is 0 Å². The standard InChI is InChI=1S/C21H29F2NO/c1-3-24-25-19-13-12-18(20(22)21(19)23)17-10-8-16(9-11-17)15-6-4-14(2)5-7-15/h3,12-17H,4-11H2,1-2H3. The van der Waals surface area contributed by atoms with E-state index in [2.05, 4.69) is 12.1 Å². The number of benzene rings is 1. The zero-order chi connectivity index (χ0) is 17.8. The molecule has 0 spiro atoms. The van der Waals surface area contributed by atoms with Gasteiger partial charge in [0.2, 0.25) is 5.82 Å². The van der Waals surface area contributed by atoms with Crippen molar-refractivity contribution in [3.8, 4) is 5.75 Å². The summed E-state index contributed by atoms with van der Waals surface area (Å²) in [4.78, 5) is 4.87. The number of halogens is 2. The van der Waals surface area contributed by atoms with E-state index in [-0.39, 0.29) is 11.7 Å². The maximum Gasteiger partial charge on any atom is 0.204 e. The van der Waals surface area contributed by atoms with Crippen molar-refractivity contribution in [2.24, 2.45) is 22.9 Å². The van der Waals surface area contributed by atoms with Crippen molar-refractivity contribution in [1.82, 2.24) is 0 Å². The van der Waals surface area contributed by atoms with Gasteiger partial charge in [-0.3, -0.25) is 0 Å².